The monoisotopic (exact) mass is 544 g/mol. The fraction of sp³-hybridized carbons (Fsp3) is 0.519. The van der Waals surface area contributed by atoms with Crippen LogP contribution in [0, 0.1) is 11.8 Å². The van der Waals surface area contributed by atoms with E-state index in [0.717, 1.165) is 0 Å². The summed E-state index contributed by atoms with van der Waals surface area (Å²) in [5.74, 6) is -2.80. The molecule has 0 aliphatic carbocycles. The highest BCUT2D eigenvalue weighted by molar-refractivity contribution is 5.94. The van der Waals surface area contributed by atoms with Gasteiger partial charge in [-0.15, -0.1) is 0 Å². The molecule has 12 heteroatoms. The Morgan fingerprint density at radius 1 is 0.846 bits per heavy atom. The Kier molecular flexibility index (Phi) is 11.9. The van der Waals surface area contributed by atoms with Gasteiger partial charge in [0.2, 0.25) is 17.7 Å². The summed E-state index contributed by atoms with van der Waals surface area (Å²) in [6.45, 7) is 7.60. The first-order valence-electron chi connectivity index (χ1n) is 13.0. The summed E-state index contributed by atoms with van der Waals surface area (Å²) in [5, 5.41) is 27.1. The van der Waals surface area contributed by atoms with Crippen molar-refractivity contribution in [2.45, 2.75) is 77.5 Å². The van der Waals surface area contributed by atoms with E-state index in [-0.39, 0.29) is 36.8 Å². The van der Waals surface area contributed by atoms with Gasteiger partial charge in [-0.25, -0.2) is 9.78 Å². The molecule has 0 fully saturated rings. The number of rotatable bonds is 15. The first kappa shape index (κ1) is 31.3. The van der Waals surface area contributed by atoms with Crippen LogP contribution in [0.25, 0.3) is 0 Å². The number of aliphatic carboxylic acids is 1. The Hall–Kier alpha value is -3.93. The van der Waals surface area contributed by atoms with Gasteiger partial charge in [0.25, 0.3) is 0 Å². The van der Waals surface area contributed by atoms with Gasteiger partial charge >= 0.3 is 5.97 Å². The van der Waals surface area contributed by atoms with Gasteiger partial charge in [-0.2, -0.15) is 0 Å². The third-order valence-corrected chi connectivity index (χ3v) is 6.00. The molecule has 0 aliphatic heterocycles. The van der Waals surface area contributed by atoms with E-state index < -0.39 is 47.9 Å². The number of nitrogens with zero attached hydrogens (tertiary/aromatic N) is 1. The Morgan fingerprint density at radius 3 is 1.95 bits per heavy atom. The zero-order chi connectivity index (χ0) is 29.1. The van der Waals surface area contributed by atoms with Crippen molar-refractivity contribution in [3.63, 3.8) is 0 Å². The van der Waals surface area contributed by atoms with Crippen molar-refractivity contribution in [1.82, 2.24) is 25.9 Å². The smallest absolute Gasteiger partial charge is 0.326 e. The number of amides is 3. The van der Waals surface area contributed by atoms with E-state index in [2.05, 4.69) is 25.9 Å². The quantitative estimate of drug-likeness (QED) is 0.171. The number of phenols is 1. The number of phenolic OH excluding ortho intramolecular Hbond substituents is 1. The molecule has 0 saturated carbocycles. The van der Waals surface area contributed by atoms with Crippen molar-refractivity contribution >= 4 is 23.7 Å². The first-order chi connectivity index (χ1) is 18.3. The van der Waals surface area contributed by atoms with E-state index >= 15 is 0 Å². The largest absolute Gasteiger partial charge is 0.508 e. The number of H-pyrrole nitrogens is 1. The standard InChI is InChI=1S/C27H40N6O6/c1-15(2)9-20(28)24(35)31-22(11-17-5-7-19(34)8-6-17)26(37)32-21(10-16(3)4)25(36)33-23(27(38)39)12-18-13-29-14-30-18/h5-8,13-16,20-23,34H,9-12,28H2,1-4H3,(H,29,30)(H,31,35)(H,32,37)(H,33,36)(H,38,39). The summed E-state index contributed by atoms with van der Waals surface area (Å²) < 4.78 is 0. The van der Waals surface area contributed by atoms with Crippen LogP contribution in [0.15, 0.2) is 36.8 Å². The van der Waals surface area contributed by atoms with Crippen molar-refractivity contribution in [3.05, 3.63) is 48.0 Å². The van der Waals surface area contributed by atoms with Gasteiger partial charge in [0, 0.05) is 24.7 Å². The molecule has 0 saturated heterocycles. The molecule has 12 nitrogen and oxygen atoms in total. The lowest BCUT2D eigenvalue weighted by molar-refractivity contribution is -0.142. The zero-order valence-electron chi connectivity index (χ0n) is 22.8. The molecule has 214 valence electrons. The minimum absolute atomic E-state index is 0.0125. The second-order valence-corrected chi connectivity index (χ2v) is 10.5. The molecule has 8 N–H and O–H groups in total. The number of carbonyl (C=O) groups excluding carboxylic acids is 3. The van der Waals surface area contributed by atoms with Crippen LogP contribution in [-0.4, -0.2) is 68.0 Å². The van der Waals surface area contributed by atoms with Gasteiger partial charge < -0.3 is 36.9 Å². The number of carboxylic acid groups (broad SMARTS) is 1. The van der Waals surface area contributed by atoms with Gasteiger partial charge in [0.15, 0.2) is 0 Å². The van der Waals surface area contributed by atoms with Crippen LogP contribution in [0.4, 0.5) is 0 Å². The third kappa shape index (κ3) is 10.8. The molecular weight excluding hydrogens is 504 g/mol. The van der Waals surface area contributed by atoms with Crippen LogP contribution in [0.2, 0.25) is 0 Å². The number of aromatic amines is 1. The summed E-state index contributed by atoms with van der Waals surface area (Å²) >= 11 is 0. The highest BCUT2D eigenvalue weighted by atomic mass is 16.4. The van der Waals surface area contributed by atoms with Crippen molar-refractivity contribution in [2.75, 3.05) is 0 Å². The van der Waals surface area contributed by atoms with Crippen LogP contribution < -0.4 is 21.7 Å². The molecule has 39 heavy (non-hydrogen) atoms. The molecule has 2 aromatic rings. The first-order valence-corrected chi connectivity index (χ1v) is 13.0. The number of nitrogens with one attached hydrogen (secondary N) is 4. The van der Waals surface area contributed by atoms with E-state index in [4.69, 9.17) is 5.73 Å². The van der Waals surface area contributed by atoms with Crippen LogP contribution in [0.1, 0.15) is 51.8 Å². The number of aromatic nitrogens is 2. The third-order valence-electron chi connectivity index (χ3n) is 6.00. The van der Waals surface area contributed by atoms with Gasteiger partial charge in [0.1, 0.15) is 23.9 Å². The number of hydrogen-bond acceptors (Lipinski definition) is 7. The fourth-order valence-electron chi connectivity index (χ4n) is 4.03. The molecule has 1 aromatic heterocycles. The molecule has 4 atom stereocenters. The van der Waals surface area contributed by atoms with E-state index in [1.54, 1.807) is 12.1 Å². The second-order valence-electron chi connectivity index (χ2n) is 10.5. The lowest BCUT2D eigenvalue weighted by Gasteiger charge is -2.26. The van der Waals surface area contributed by atoms with E-state index in [1.165, 1.54) is 24.7 Å². The van der Waals surface area contributed by atoms with Crippen LogP contribution in [0.5, 0.6) is 5.75 Å². The van der Waals surface area contributed by atoms with Crippen molar-refractivity contribution in [1.29, 1.82) is 0 Å². The highest BCUT2D eigenvalue weighted by Crippen LogP contribution is 2.13. The normalized spacial score (nSPS) is 14.3. The summed E-state index contributed by atoms with van der Waals surface area (Å²) in [6.07, 6.45) is 3.60. The predicted octanol–water partition coefficient (Wildman–Crippen LogP) is 0.859. The minimum Gasteiger partial charge on any atom is -0.508 e. The Labute approximate surface area is 228 Å². The number of benzene rings is 1. The number of hydrogen-bond donors (Lipinski definition) is 7. The molecule has 1 heterocycles. The Balaban J connectivity index is 2.22. The van der Waals surface area contributed by atoms with Crippen LogP contribution >= 0.6 is 0 Å². The van der Waals surface area contributed by atoms with Crippen LogP contribution in [0.3, 0.4) is 0 Å². The molecular formula is C27H40N6O6. The lowest BCUT2D eigenvalue weighted by atomic mass is 9.99. The maximum absolute atomic E-state index is 13.4. The Morgan fingerprint density at radius 2 is 1.41 bits per heavy atom. The zero-order valence-corrected chi connectivity index (χ0v) is 22.8. The average Bonchev–Trinajstić information content (AvgIpc) is 3.36. The molecule has 0 aliphatic rings. The minimum atomic E-state index is -1.24. The number of nitrogens with two attached hydrogens (primary N) is 1. The van der Waals surface area contributed by atoms with E-state index in [9.17, 15) is 29.4 Å². The molecule has 4 unspecified atom stereocenters. The lowest BCUT2D eigenvalue weighted by Crippen LogP contribution is -2.58. The van der Waals surface area contributed by atoms with Gasteiger partial charge in [0.05, 0.1) is 12.4 Å². The summed E-state index contributed by atoms with van der Waals surface area (Å²) in [5.41, 5.74) is 7.23. The summed E-state index contributed by atoms with van der Waals surface area (Å²) in [4.78, 5) is 57.9. The number of aromatic hydroxyl groups is 1. The Bertz CT molecular complexity index is 1090. The summed E-state index contributed by atoms with van der Waals surface area (Å²) in [6, 6.07) is 2.00. The summed E-state index contributed by atoms with van der Waals surface area (Å²) in [7, 11) is 0. The number of imidazole rings is 1. The molecule has 1 aromatic carbocycles. The van der Waals surface area contributed by atoms with Gasteiger partial charge in [-0.3, -0.25) is 14.4 Å². The average molecular weight is 545 g/mol. The van der Waals surface area contributed by atoms with Crippen LogP contribution in [-0.2, 0) is 32.0 Å². The van der Waals surface area contributed by atoms with E-state index in [0.29, 0.717) is 17.7 Å². The predicted molar refractivity (Wildman–Crippen MR) is 144 cm³/mol. The molecule has 3 amide bonds. The van der Waals surface area contributed by atoms with Gasteiger partial charge in [-0.05, 0) is 42.4 Å². The number of carboxylic acids is 1. The molecule has 0 bridgehead atoms. The molecule has 0 spiro atoms. The van der Waals surface area contributed by atoms with Crippen molar-refractivity contribution < 1.29 is 29.4 Å². The topological polar surface area (TPSA) is 200 Å². The molecule has 2 rings (SSSR count). The van der Waals surface area contributed by atoms with E-state index in [1.807, 2.05) is 27.7 Å². The maximum Gasteiger partial charge on any atom is 0.326 e. The van der Waals surface area contributed by atoms with Gasteiger partial charge in [-0.1, -0.05) is 39.8 Å². The SMILES string of the molecule is CC(C)CC(N)C(=O)NC(Cc1ccc(O)cc1)C(=O)NC(CC(C)C)C(=O)NC(Cc1cnc[nH]1)C(=O)O. The second kappa shape index (κ2) is 14.9. The molecule has 0 radical (unpaired) electrons. The highest BCUT2D eigenvalue weighted by Gasteiger charge is 2.31. The van der Waals surface area contributed by atoms with Crippen molar-refractivity contribution in [3.8, 4) is 5.75 Å². The fourth-order valence-corrected chi connectivity index (χ4v) is 4.03. The number of carbonyl (C=O) groups is 4. The maximum atomic E-state index is 13.4. The van der Waals surface area contributed by atoms with Crippen molar-refractivity contribution in [2.24, 2.45) is 17.6 Å².